The fraction of sp³-hybridized carbons (Fsp3) is 0.333. The van der Waals surface area contributed by atoms with E-state index >= 15 is 0 Å². The van der Waals surface area contributed by atoms with Crippen LogP contribution in [0, 0.1) is 5.82 Å². The Bertz CT molecular complexity index is 1290. The lowest BCUT2D eigenvalue weighted by atomic mass is 10.1. The monoisotopic (exact) mass is 502 g/mol. The summed E-state index contributed by atoms with van der Waals surface area (Å²) in [4.78, 5) is 42.6. The van der Waals surface area contributed by atoms with Gasteiger partial charge in [-0.05, 0) is 35.7 Å². The summed E-state index contributed by atoms with van der Waals surface area (Å²) in [6.07, 6.45) is 0.652. The van der Waals surface area contributed by atoms with Crippen LogP contribution < -0.4 is 10.9 Å². The number of carbonyl (C=O) groups excluding carboxylic acids is 1. The Hall–Kier alpha value is -4.03. The number of halogens is 1. The van der Waals surface area contributed by atoms with Crippen LogP contribution in [-0.2, 0) is 17.7 Å². The van der Waals surface area contributed by atoms with Gasteiger partial charge >= 0.3 is 6.09 Å². The summed E-state index contributed by atoms with van der Waals surface area (Å²) in [6.45, 7) is -0.132. The molecule has 3 aromatic rings. The molecular formula is C24H27FN4O7. The number of hydrogen-bond donors (Lipinski definition) is 4. The zero-order valence-electron chi connectivity index (χ0n) is 19.6. The number of rotatable bonds is 11. The fourth-order valence-corrected chi connectivity index (χ4v) is 3.55. The first-order valence-corrected chi connectivity index (χ1v) is 11.1. The number of aromatic hydroxyl groups is 1. The van der Waals surface area contributed by atoms with Gasteiger partial charge in [0.15, 0.2) is 5.75 Å². The van der Waals surface area contributed by atoms with Crippen LogP contribution >= 0.6 is 0 Å². The molecule has 0 atom stereocenters. The molecule has 2 heterocycles. The maximum absolute atomic E-state index is 13.3. The zero-order chi connectivity index (χ0) is 26.2. The molecule has 0 aliphatic rings. The van der Waals surface area contributed by atoms with Crippen molar-refractivity contribution in [1.82, 2.24) is 19.8 Å². The average molecular weight is 502 g/mol. The Morgan fingerprint density at radius 3 is 2.58 bits per heavy atom. The van der Waals surface area contributed by atoms with Gasteiger partial charge in [0.2, 0.25) is 0 Å². The molecular weight excluding hydrogens is 475 g/mol. The highest BCUT2D eigenvalue weighted by Gasteiger charge is 2.23. The smallest absolute Gasteiger partial charge is 0.407 e. The molecule has 0 bridgehead atoms. The number of pyridine rings is 2. The number of fused-ring (bicyclic) bond motifs is 1. The van der Waals surface area contributed by atoms with Crippen LogP contribution in [0.2, 0.25) is 0 Å². The van der Waals surface area contributed by atoms with E-state index in [1.807, 2.05) is 0 Å². The molecule has 12 heteroatoms. The van der Waals surface area contributed by atoms with Gasteiger partial charge in [0.05, 0.1) is 25.3 Å². The largest absolute Gasteiger partial charge is 0.505 e. The maximum Gasteiger partial charge on any atom is 0.407 e. The van der Waals surface area contributed by atoms with Crippen molar-refractivity contribution >= 4 is 23.0 Å². The number of ether oxygens (including phenoxy) is 1. The quantitative estimate of drug-likeness (QED) is 0.285. The highest BCUT2D eigenvalue weighted by Crippen LogP contribution is 2.26. The molecule has 0 saturated heterocycles. The maximum atomic E-state index is 13.3. The molecule has 192 valence electrons. The number of amides is 2. The third-order valence-corrected chi connectivity index (χ3v) is 5.44. The molecule has 0 unspecified atom stereocenters. The molecule has 2 amide bonds. The summed E-state index contributed by atoms with van der Waals surface area (Å²) in [5.41, 5.74) is 0.331. The topological polar surface area (TPSA) is 154 Å². The molecule has 0 fully saturated rings. The lowest BCUT2D eigenvalue weighted by molar-refractivity contribution is 0.0835. The van der Waals surface area contributed by atoms with Crippen molar-refractivity contribution < 1.29 is 34.0 Å². The molecule has 2 aromatic heterocycles. The summed E-state index contributed by atoms with van der Waals surface area (Å²) in [7, 11) is 1.34. The van der Waals surface area contributed by atoms with Gasteiger partial charge in [-0.15, -0.1) is 0 Å². The second kappa shape index (κ2) is 12.1. The molecule has 36 heavy (non-hydrogen) atoms. The molecule has 1 aromatic carbocycles. The van der Waals surface area contributed by atoms with Crippen molar-refractivity contribution in [1.29, 1.82) is 0 Å². The van der Waals surface area contributed by atoms with E-state index in [2.05, 4.69) is 10.3 Å². The molecule has 0 saturated carbocycles. The van der Waals surface area contributed by atoms with Crippen LogP contribution in [0.4, 0.5) is 9.18 Å². The Balaban J connectivity index is 2.01. The van der Waals surface area contributed by atoms with Crippen LogP contribution in [-0.4, -0.2) is 81.7 Å². The summed E-state index contributed by atoms with van der Waals surface area (Å²) in [5.74, 6) is -1.81. The summed E-state index contributed by atoms with van der Waals surface area (Å²) >= 11 is 0. The van der Waals surface area contributed by atoms with E-state index in [-0.39, 0.29) is 56.3 Å². The molecule has 0 aliphatic heterocycles. The Morgan fingerprint density at radius 2 is 1.92 bits per heavy atom. The normalized spacial score (nSPS) is 11.0. The van der Waals surface area contributed by atoms with E-state index in [9.17, 15) is 29.0 Å². The number of hydrogen-bond acceptors (Lipinski definition) is 7. The second-order valence-electron chi connectivity index (χ2n) is 7.99. The molecule has 0 spiro atoms. The number of benzene rings is 1. The third-order valence-electron chi connectivity index (χ3n) is 5.44. The van der Waals surface area contributed by atoms with E-state index < -0.39 is 28.9 Å². The first-order chi connectivity index (χ1) is 17.2. The number of nitrogens with one attached hydrogen (secondary N) is 1. The number of likely N-dealkylation sites (N-methyl/N-ethyl adjacent to an activating group) is 1. The van der Waals surface area contributed by atoms with Gasteiger partial charge in [0, 0.05) is 32.9 Å². The second-order valence-corrected chi connectivity index (χ2v) is 7.99. The van der Waals surface area contributed by atoms with Crippen molar-refractivity contribution in [3.8, 4) is 5.75 Å². The van der Waals surface area contributed by atoms with E-state index in [4.69, 9.17) is 9.84 Å². The lowest BCUT2D eigenvalue weighted by Crippen LogP contribution is -2.37. The predicted molar refractivity (Wildman–Crippen MR) is 128 cm³/mol. The van der Waals surface area contributed by atoms with Gasteiger partial charge in [-0.3, -0.25) is 14.6 Å². The van der Waals surface area contributed by atoms with E-state index in [1.54, 1.807) is 18.2 Å². The Labute approximate surface area is 205 Å². The van der Waals surface area contributed by atoms with E-state index in [0.717, 1.165) is 10.5 Å². The van der Waals surface area contributed by atoms with Crippen LogP contribution in [0.15, 0.2) is 41.3 Å². The summed E-state index contributed by atoms with van der Waals surface area (Å²) in [5, 5.41) is 31.2. The van der Waals surface area contributed by atoms with Crippen LogP contribution in [0.5, 0.6) is 5.75 Å². The van der Waals surface area contributed by atoms with Gasteiger partial charge < -0.3 is 34.8 Å². The van der Waals surface area contributed by atoms with Gasteiger partial charge in [0.1, 0.15) is 16.9 Å². The molecule has 4 N–H and O–H groups in total. The van der Waals surface area contributed by atoms with Crippen molar-refractivity contribution in [2.24, 2.45) is 0 Å². The first-order valence-electron chi connectivity index (χ1n) is 11.1. The number of aliphatic hydroxyl groups is 1. The number of carbonyl (C=O) groups is 2. The first kappa shape index (κ1) is 26.6. The van der Waals surface area contributed by atoms with Gasteiger partial charge in [-0.25, -0.2) is 9.18 Å². The van der Waals surface area contributed by atoms with Crippen molar-refractivity contribution in [3.05, 3.63) is 69.4 Å². The molecule has 11 nitrogen and oxygen atoms in total. The number of aromatic nitrogens is 2. The van der Waals surface area contributed by atoms with Crippen molar-refractivity contribution in [3.63, 3.8) is 0 Å². The van der Waals surface area contributed by atoms with Gasteiger partial charge in [0.25, 0.3) is 11.5 Å². The minimum Gasteiger partial charge on any atom is -0.505 e. The summed E-state index contributed by atoms with van der Waals surface area (Å²) in [6, 6.07) is 7.51. The number of aliphatic hydroxyl groups excluding tert-OH is 1. The SMILES string of the molecule is CN(CCn1c(=O)c(C(=O)NCCOCCO)c(O)c2ncc(Cc3ccc(F)cc3)cc21)C(=O)O. The Morgan fingerprint density at radius 1 is 1.19 bits per heavy atom. The standard InChI is InChI=1S/C24H27FN4O7/c1-28(24(34)35)7-8-29-18-13-16(12-15-2-4-17(25)5-3-15)14-27-20(18)21(31)19(23(29)33)22(32)26-6-10-36-11-9-30/h2-5,13-14,30-31H,6-12H2,1H3,(H,26,32)(H,34,35). The van der Waals surface area contributed by atoms with E-state index in [0.29, 0.717) is 12.0 Å². The van der Waals surface area contributed by atoms with Gasteiger partial charge in [-0.2, -0.15) is 0 Å². The van der Waals surface area contributed by atoms with Gasteiger partial charge in [-0.1, -0.05) is 12.1 Å². The molecule has 0 aliphatic carbocycles. The highest BCUT2D eigenvalue weighted by molar-refractivity contribution is 6.01. The predicted octanol–water partition coefficient (Wildman–Crippen LogP) is 1.18. The lowest BCUT2D eigenvalue weighted by Gasteiger charge is -2.18. The van der Waals surface area contributed by atoms with Crippen LogP contribution in [0.3, 0.4) is 0 Å². The zero-order valence-corrected chi connectivity index (χ0v) is 19.6. The number of carboxylic acid groups (broad SMARTS) is 1. The van der Waals surface area contributed by atoms with Crippen LogP contribution in [0.1, 0.15) is 21.5 Å². The fourth-order valence-electron chi connectivity index (χ4n) is 3.55. The minimum atomic E-state index is -1.19. The average Bonchev–Trinajstić information content (AvgIpc) is 2.85. The van der Waals surface area contributed by atoms with Crippen molar-refractivity contribution in [2.45, 2.75) is 13.0 Å². The van der Waals surface area contributed by atoms with Crippen LogP contribution in [0.25, 0.3) is 11.0 Å². The molecule has 0 radical (unpaired) electrons. The van der Waals surface area contributed by atoms with Crippen molar-refractivity contribution in [2.75, 3.05) is 40.0 Å². The third kappa shape index (κ3) is 6.34. The minimum absolute atomic E-state index is 0.00267. The number of nitrogens with zero attached hydrogens (tertiary/aromatic N) is 3. The molecule has 3 rings (SSSR count). The van der Waals surface area contributed by atoms with E-state index in [1.165, 1.54) is 29.9 Å². The highest BCUT2D eigenvalue weighted by atomic mass is 19.1. The Kier molecular flexibility index (Phi) is 8.92. The summed E-state index contributed by atoms with van der Waals surface area (Å²) < 4.78 is 19.5.